The van der Waals surface area contributed by atoms with Gasteiger partial charge in [-0.1, -0.05) is 67.6 Å². The quantitative estimate of drug-likeness (QED) is 0.171. The molecular formula is C30H26INO3. The molecule has 4 aromatic rings. The average molecular weight is 575 g/mol. The summed E-state index contributed by atoms with van der Waals surface area (Å²) in [5.74, 6) is 1.39. The lowest BCUT2D eigenvalue weighted by Crippen LogP contribution is -2.26. The van der Waals surface area contributed by atoms with E-state index in [-0.39, 0.29) is 5.91 Å². The molecule has 0 spiro atoms. The van der Waals surface area contributed by atoms with Crippen LogP contribution in [0.3, 0.4) is 0 Å². The van der Waals surface area contributed by atoms with Crippen LogP contribution in [-0.4, -0.2) is 19.6 Å². The van der Waals surface area contributed by atoms with Crippen LogP contribution in [0.15, 0.2) is 78.9 Å². The van der Waals surface area contributed by atoms with E-state index in [9.17, 15) is 4.79 Å². The Bertz CT molecular complexity index is 1440. The molecule has 0 atom stereocenters. The summed E-state index contributed by atoms with van der Waals surface area (Å²) in [5, 5.41) is 2.37. The molecule has 1 aliphatic heterocycles. The molecule has 0 aliphatic carbocycles. The van der Waals surface area contributed by atoms with Crippen molar-refractivity contribution >= 4 is 56.6 Å². The summed E-state index contributed by atoms with van der Waals surface area (Å²) < 4.78 is 12.9. The number of para-hydroxylation sites is 1. The molecule has 5 rings (SSSR count). The average Bonchev–Trinajstić information content (AvgIpc) is 3.14. The van der Waals surface area contributed by atoms with Crippen molar-refractivity contribution in [2.24, 2.45) is 0 Å². The number of rotatable bonds is 7. The second-order valence-corrected chi connectivity index (χ2v) is 9.66. The topological polar surface area (TPSA) is 38.8 Å². The normalized spacial score (nSPS) is 14.0. The van der Waals surface area contributed by atoms with Gasteiger partial charge in [0.05, 0.1) is 16.4 Å². The third-order valence-electron chi connectivity index (χ3n) is 6.22. The van der Waals surface area contributed by atoms with Crippen molar-refractivity contribution in [1.29, 1.82) is 0 Å². The number of hydrogen-bond donors (Lipinski definition) is 0. The van der Waals surface area contributed by atoms with Crippen LogP contribution in [-0.2, 0) is 11.4 Å². The zero-order valence-electron chi connectivity index (χ0n) is 19.8. The van der Waals surface area contributed by atoms with Gasteiger partial charge in [0.25, 0.3) is 5.91 Å². The van der Waals surface area contributed by atoms with Crippen molar-refractivity contribution < 1.29 is 14.3 Å². The Balaban J connectivity index is 1.46. The highest BCUT2D eigenvalue weighted by molar-refractivity contribution is 14.1. The number of methoxy groups -OCH3 is 1. The standard InChI is InChI=1S/C30H26INO3/c1-3-15-32-27-14-7-6-13-24(27)25(30(32)33)16-20-17-26(31)29(28(18-20)34-2)35-19-22-11-8-10-21-9-4-5-12-23(21)22/h4-14,16-18H,3,15,19H2,1-2H3/b25-16-. The number of carbonyl (C=O) groups excluding carboxylic acids is 1. The summed E-state index contributed by atoms with van der Waals surface area (Å²) in [4.78, 5) is 15.1. The van der Waals surface area contributed by atoms with Crippen molar-refractivity contribution in [3.8, 4) is 11.5 Å². The van der Waals surface area contributed by atoms with Crippen LogP contribution in [0.25, 0.3) is 22.4 Å². The molecule has 1 amide bonds. The number of nitrogens with zero attached hydrogens (tertiary/aromatic N) is 1. The van der Waals surface area contributed by atoms with Gasteiger partial charge in [-0.3, -0.25) is 4.79 Å². The monoisotopic (exact) mass is 575 g/mol. The minimum Gasteiger partial charge on any atom is -0.493 e. The number of benzene rings is 4. The Hall–Kier alpha value is -3.32. The van der Waals surface area contributed by atoms with E-state index >= 15 is 0 Å². The fourth-order valence-electron chi connectivity index (χ4n) is 4.59. The molecule has 0 saturated carbocycles. The minimum atomic E-state index is 0.0401. The smallest absolute Gasteiger partial charge is 0.258 e. The minimum absolute atomic E-state index is 0.0401. The number of amides is 1. The first-order chi connectivity index (χ1) is 17.1. The largest absolute Gasteiger partial charge is 0.493 e. The fourth-order valence-corrected chi connectivity index (χ4v) is 5.37. The summed E-state index contributed by atoms with van der Waals surface area (Å²) in [6.45, 7) is 3.22. The Morgan fingerprint density at radius 1 is 0.971 bits per heavy atom. The van der Waals surface area contributed by atoms with Crippen LogP contribution >= 0.6 is 22.6 Å². The highest BCUT2D eigenvalue weighted by Gasteiger charge is 2.31. The predicted molar refractivity (Wildman–Crippen MR) is 151 cm³/mol. The third kappa shape index (κ3) is 4.52. The van der Waals surface area contributed by atoms with Gasteiger partial charge in [-0.05, 0) is 75.2 Å². The second-order valence-electron chi connectivity index (χ2n) is 8.49. The maximum atomic E-state index is 13.2. The molecule has 0 N–H and O–H groups in total. The molecule has 35 heavy (non-hydrogen) atoms. The molecule has 4 aromatic carbocycles. The SMILES string of the molecule is CCCN1C(=O)/C(=C\c2cc(I)c(OCc3cccc4ccccc34)c(OC)c2)c2ccccc21. The van der Waals surface area contributed by atoms with Gasteiger partial charge in [0.15, 0.2) is 11.5 Å². The van der Waals surface area contributed by atoms with Gasteiger partial charge in [-0.25, -0.2) is 0 Å². The van der Waals surface area contributed by atoms with E-state index in [0.29, 0.717) is 30.2 Å². The van der Waals surface area contributed by atoms with E-state index in [1.807, 2.05) is 59.5 Å². The van der Waals surface area contributed by atoms with Crippen LogP contribution in [0.2, 0.25) is 0 Å². The molecule has 5 heteroatoms. The predicted octanol–water partition coefficient (Wildman–Crippen LogP) is 7.33. The van der Waals surface area contributed by atoms with E-state index in [1.54, 1.807) is 7.11 Å². The zero-order chi connectivity index (χ0) is 24.4. The summed E-state index contributed by atoms with van der Waals surface area (Å²) >= 11 is 2.28. The van der Waals surface area contributed by atoms with Gasteiger partial charge in [0.1, 0.15) is 6.61 Å². The number of ether oxygens (including phenoxy) is 2. The molecule has 0 bridgehead atoms. The van der Waals surface area contributed by atoms with Crippen LogP contribution < -0.4 is 14.4 Å². The van der Waals surface area contributed by atoms with Crippen molar-refractivity contribution in [1.82, 2.24) is 0 Å². The van der Waals surface area contributed by atoms with Gasteiger partial charge in [-0.2, -0.15) is 0 Å². The number of halogens is 1. The van der Waals surface area contributed by atoms with E-state index in [4.69, 9.17) is 9.47 Å². The van der Waals surface area contributed by atoms with Gasteiger partial charge in [0.2, 0.25) is 0 Å². The molecule has 0 radical (unpaired) electrons. The van der Waals surface area contributed by atoms with Gasteiger partial charge in [-0.15, -0.1) is 0 Å². The maximum Gasteiger partial charge on any atom is 0.258 e. The van der Waals surface area contributed by atoms with Crippen molar-refractivity contribution in [2.75, 3.05) is 18.6 Å². The number of hydrogen-bond acceptors (Lipinski definition) is 3. The third-order valence-corrected chi connectivity index (χ3v) is 7.02. The first-order valence-corrected chi connectivity index (χ1v) is 12.8. The molecule has 0 fully saturated rings. The van der Waals surface area contributed by atoms with Crippen LogP contribution in [0.1, 0.15) is 30.0 Å². The van der Waals surface area contributed by atoms with Crippen molar-refractivity contribution in [3.63, 3.8) is 0 Å². The summed E-state index contributed by atoms with van der Waals surface area (Å²) in [6, 6.07) is 26.5. The number of carbonyl (C=O) groups is 1. The van der Waals surface area contributed by atoms with Crippen LogP contribution in [0, 0.1) is 3.57 Å². The van der Waals surface area contributed by atoms with Crippen LogP contribution in [0.5, 0.6) is 11.5 Å². The van der Waals surface area contributed by atoms with E-state index < -0.39 is 0 Å². The maximum absolute atomic E-state index is 13.2. The summed E-state index contributed by atoms with van der Waals surface area (Å²) in [5.41, 5.74) is 4.67. The van der Waals surface area contributed by atoms with Gasteiger partial charge >= 0.3 is 0 Å². The molecule has 1 aliphatic rings. The summed E-state index contributed by atoms with van der Waals surface area (Å²) in [7, 11) is 1.64. The highest BCUT2D eigenvalue weighted by atomic mass is 127. The second kappa shape index (κ2) is 10.1. The van der Waals surface area contributed by atoms with Gasteiger partial charge < -0.3 is 14.4 Å². The molecule has 0 saturated heterocycles. The van der Waals surface area contributed by atoms with Gasteiger partial charge in [0, 0.05) is 17.7 Å². The van der Waals surface area contributed by atoms with E-state index in [1.165, 1.54) is 10.8 Å². The Morgan fingerprint density at radius 2 is 1.74 bits per heavy atom. The number of fused-ring (bicyclic) bond motifs is 2. The molecule has 0 aromatic heterocycles. The lowest BCUT2D eigenvalue weighted by molar-refractivity contribution is -0.113. The molecule has 1 heterocycles. The summed E-state index contributed by atoms with van der Waals surface area (Å²) in [6.07, 6.45) is 2.86. The molecule has 0 unspecified atom stereocenters. The Labute approximate surface area is 219 Å². The fraction of sp³-hybridized carbons (Fsp3) is 0.167. The first-order valence-electron chi connectivity index (χ1n) is 11.7. The molecule has 4 nitrogen and oxygen atoms in total. The highest BCUT2D eigenvalue weighted by Crippen LogP contribution is 2.40. The number of anilines is 1. The molecular weight excluding hydrogens is 549 g/mol. The Kier molecular flexibility index (Phi) is 6.77. The molecule has 176 valence electrons. The zero-order valence-corrected chi connectivity index (χ0v) is 21.9. The lowest BCUT2D eigenvalue weighted by Gasteiger charge is -2.15. The van der Waals surface area contributed by atoms with E-state index in [0.717, 1.165) is 32.4 Å². The van der Waals surface area contributed by atoms with Crippen LogP contribution in [0.4, 0.5) is 5.69 Å². The first kappa shape index (κ1) is 23.4. The Morgan fingerprint density at radius 3 is 2.57 bits per heavy atom. The van der Waals surface area contributed by atoms with Crippen molar-refractivity contribution in [2.45, 2.75) is 20.0 Å². The van der Waals surface area contributed by atoms with Crippen molar-refractivity contribution in [3.05, 3.63) is 99.1 Å². The lowest BCUT2D eigenvalue weighted by atomic mass is 10.0. The van der Waals surface area contributed by atoms with E-state index in [2.05, 4.69) is 59.8 Å².